The molecule has 3 aromatic carbocycles. The number of pyridine rings is 1. The Morgan fingerprint density at radius 3 is 1.47 bits per heavy atom. The Balaban J connectivity index is 0.000000286. The molecule has 0 amide bonds. The lowest BCUT2D eigenvalue weighted by Gasteiger charge is -2.08. The van der Waals surface area contributed by atoms with Gasteiger partial charge in [0.2, 0.25) is 0 Å². The minimum atomic E-state index is -1.50. The van der Waals surface area contributed by atoms with Gasteiger partial charge in [-0.3, -0.25) is 0 Å². The highest BCUT2D eigenvalue weighted by Gasteiger charge is 2.14. The van der Waals surface area contributed by atoms with E-state index in [1.165, 1.54) is 5.56 Å². The normalized spacial score (nSPS) is 10.4. The number of nitrogens with zero attached hydrogens (tertiary/aromatic N) is 4. The molecule has 0 saturated carbocycles. The lowest BCUT2D eigenvalue weighted by atomic mass is 9.80. The Hall–Kier alpha value is -3.24. The Labute approximate surface area is 226 Å². The molecule has 2 N–H and O–H groups in total. The number of rotatable bonds is 4. The Kier molecular flexibility index (Phi) is 8.72. The van der Waals surface area contributed by atoms with Gasteiger partial charge in [-0.25, -0.2) is 19.9 Å². The fraction of sp³-hybridized carbons (Fsp3) is 0.0370. The molecule has 178 valence electrons. The summed E-state index contributed by atoms with van der Waals surface area (Å²) in [5, 5.41) is 18.6. The SMILES string of the molecule is Cc1cc(Br)ncc1Br.OB(O)c1ccc(-c2nc(-c3ccccc3)nc(-c3ccccc3)n2)cc1. The highest BCUT2D eigenvalue weighted by Crippen LogP contribution is 2.24. The molecule has 9 heteroatoms. The molecule has 2 heterocycles. The van der Waals surface area contributed by atoms with Crippen LogP contribution in [0.4, 0.5) is 0 Å². The summed E-state index contributed by atoms with van der Waals surface area (Å²) in [7, 11) is -1.50. The average Bonchev–Trinajstić information content (AvgIpc) is 2.92. The number of benzene rings is 3. The van der Waals surface area contributed by atoms with Crippen LogP contribution in [0.5, 0.6) is 0 Å². The molecule has 5 aromatic rings. The minimum absolute atomic E-state index is 0.416. The van der Waals surface area contributed by atoms with Crippen LogP contribution in [0.15, 0.2) is 106 Å². The van der Waals surface area contributed by atoms with Gasteiger partial charge in [0.05, 0.1) is 0 Å². The van der Waals surface area contributed by atoms with E-state index >= 15 is 0 Å². The van der Waals surface area contributed by atoms with Crippen molar-refractivity contribution in [2.75, 3.05) is 0 Å². The smallest absolute Gasteiger partial charge is 0.423 e. The van der Waals surface area contributed by atoms with Crippen LogP contribution in [-0.2, 0) is 0 Å². The third kappa shape index (κ3) is 6.70. The number of hydrogen-bond acceptors (Lipinski definition) is 6. The summed E-state index contributed by atoms with van der Waals surface area (Å²) in [5.74, 6) is 1.71. The van der Waals surface area contributed by atoms with Crippen molar-refractivity contribution < 1.29 is 10.0 Å². The van der Waals surface area contributed by atoms with Crippen molar-refractivity contribution in [2.45, 2.75) is 6.92 Å². The van der Waals surface area contributed by atoms with Gasteiger partial charge in [-0.05, 0) is 55.9 Å². The zero-order valence-corrected chi connectivity index (χ0v) is 22.4. The average molecular weight is 604 g/mol. The van der Waals surface area contributed by atoms with E-state index in [1.807, 2.05) is 73.7 Å². The second-order valence-corrected chi connectivity index (χ2v) is 9.46. The molecule has 6 nitrogen and oxygen atoms in total. The van der Waals surface area contributed by atoms with E-state index < -0.39 is 7.12 Å². The van der Waals surface area contributed by atoms with Crippen LogP contribution >= 0.6 is 31.9 Å². The molecular formula is C27H21BBr2N4O2. The molecule has 0 unspecified atom stereocenters. The number of aryl methyl sites for hydroxylation is 1. The third-order valence-corrected chi connectivity index (χ3v) is 6.44. The first kappa shape index (κ1) is 25.8. The molecule has 0 radical (unpaired) electrons. The summed E-state index contributed by atoms with van der Waals surface area (Å²) in [6.45, 7) is 2.02. The van der Waals surface area contributed by atoms with Crippen molar-refractivity contribution in [3.05, 3.63) is 112 Å². The first-order chi connectivity index (χ1) is 17.4. The molecule has 0 spiro atoms. The molecule has 0 saturated heterocycles. The van der Waals surface area contributed by atoms with E-state index in [4.69, 9.17) is 0 Å². The first-order valence-corrected chi connectivity index (χ1v) is 12.6. The number of hydrogen-bond donors (Lipinski definition) is 2. The van der Waals surface area contributed by atoms with Crippen molar-refractivity contribution in [2.24, 2.45) is 0 Å². The minimum Gasteiger partial charge on any atom is -0.423 e. The lowest BCUT2D eigenvalue weighted by molar-refractivity contribution is 0.426. The molecule has 2 aromatic heterocycles. The third-order valence-electron chi connectivity index (χ3n) is 5.18. The fourth-order valence-electron chi connectivity index (χ4n) is 3.25. The van der Waals surface area contributed by atoms with Crippen molar-refractivity contribution in [1.82, 2.24) is 19.9 Å². The topological polar surface area (TPSA) is 92.0 Å². The van der Waals surface area contributed by atoms with E-state index in [0.717, 1.165) is 25.8 Å². The summed E-state index contributed by atoms with van der Waals surface area (Å²) < 4.78 is 1.92. The maximum absolute atomic E-state index is 9.29. The van der Waals surface area contributed by atoms with Gasteiger partial charge < -0.3 is 10.0 Å². The zero-order valence-electron chi connectivity index (χ0n) is 19.3. The summed E-state index contributed by atoms with van der Waals surface area (Å²) in [6.07, 6.45) is 1.78. The predicted molar refractivity (Wildman–Crippen MR) is 150 cm³/mol. The van der Waals surface area contributed by atoms with Crippen LogP contribution in [0, 0.1) is 6.92 Å². The van der Waals surface area contributed by atoms with Gasteiger partial charge in [0.25, 0.3) is 0 Å². The largest absolute Gasteiger partial charge is 0.488 e. The van der Waals surface area contributed by atoms with E-state index in [0.29, 0.717) is 22.9 Å². The van der Waals surface area contributed by atoms with Crippen LogP contribution in [0.1, 0.15) is 5.56 Å². The van der Waals surface area contributed by atoms with Crippen LogP contribution in [0.2, 0.25) is 0 Å². The number of halogens is 2. The van der Waals surface area contributed by atoms with E-state index in [9.17, 15) is 10.0 Å². The predicted octanol–water partition coefficient (Wildman–Crippen LogP) is 5.47. The van der Waals surface area contributed by atoms with Crippen molar-refractivity contribution >= 4 is 44.4 Å². The standard InChI is InChI=1S/C21H16BN3O2.C6H5Br2N/c26-22(27)18-13-11-17(12-14-18)21-24-19(15-7-3-1-4-8-15)23-20(25-21)16-9-5-2-6-10-16;1-4-2-6(8)9-3-5(4)7/h1-14,26-27H;2-3H,1H3. The monoisotopic (exact) mass is 602 g/mol. The molecule has 0 bridgehead atoms. The molecule has 0 aliphatic carbocycles. The van der Waals surface area contributed by atoms with Crippen LogP contribution in [-0.4, -0.2) is 37.1 Å². The summed E-state index contributed by atoms with van der Waals surface area (Å²) in [4.78, 5) is 17.9. The fourth-order valence-corrected chi connectivity index (χ4v) is 3.91. The summed E-state index contributed by atoms with van der Waals surface area (Å²) >= 11 is 6.61. The highest BCUT2D eigenvalue weighted by atomic mass is 79.9. The summed E-state index contributed by atoms with van der Waals surface area (Å²) in [6, 6.07) is 28.3. The van der Waals surface area contributed by atoms with Crippen molar-refractivity contribution in [1.29, 1.82) is 0 Å². The maximum atomic E-state index is 9.29. The van der Waals surface area contributed by atoms with Crippen LogP contribution in [0.25, 0.3) is 34.2 Å². The molecule has 0 aliphatic heterocycles. The van der Waals surface area contributed by atoms with Gasteiger partial charge >= 0.3 is 7.12 Å². The van der Waals surface area contributed by atoms with Gasteiger partial charge in [0.1, 0.15) is 4.60 Å². The summed E-state index contributed by atoms with van der Waals surface area (Å²) in [5.41, 5.74) is 4.19. The van der Waals surface area contributed by atoms with Gasteiger partial charge in [0, 0.05) is 27.4 Å². The van der Waals surface area contributed by atoms with Gasteiger partial charge in [-0.1, -0.05) is 84.9 Å². The van der Waals surface area contributed by atoms with Gasteiger partial charge in [0.15, 0.2) is 17.5 Å². The van der Waals surface area contributed by atoms with Gasteiger partial charge in [-0.15, -0.1) is 0 Å². The quantitative estimate of drug-likeness (QED) is 0.209. The molecule has 36 heavy (non-hydrogen) atoms. The highest BCUT2D eigenvalue weighted by molar-refractivity contribution is 9.11. The number of aromatic nitrogens is 4. The Morgan fingerprint density at radius 2 is 1.08 bits per heavy atom. The van der Waals surface area contributed by atoms with Crippen molar-refractivity contribution in [3.8, 4) is 34.2 Å². The van der Waals surface area contributed by atoms with Crippen LogP contribution < -0.4 is 5.46 Å². The van der Waals surface area contributed by atoms with Gasteiger partial charge in [-0.2, -0.15) is 0 Å². The lowest BCUT2D eigenvalue weighted by Crippen LogP contribution is -2.29. The maximum Gasteiger partial charge on any atom is 0.488 e. The molecular weight excluding hydrogens is 583 g/mol. The molecule has 0 fully saturated rings. The molecule has 0 aliphatic rings. The zero-order chi connectivity index (χ0) is 25.5. The van der Waals surface area contributed by atoms with E-state index in [1.54, 1.807) is 30.5 Å². The molecule has 0 atom stereocenters. The second-order valence-electron chi connectivity index (χ2n) is 7.79. The van der Waals surface area contributed by atoms with E-state index in [2.05, 4.69) is 51.8 Å². The Morgan fingerprint density at radius 1 is 0.639 bits per heavy atom. The van der Waals surface area contributed by atoms with E-state index in [-0.39, 0.29) is 0 Å². The molecule has 5 rings (SSSR count). The Bertz CT molecular complexity index is 1380. The first-order valence-electron chi connectivity index (χ1n) is 11.0. The second kappa shape index (κ2) is 12.1. The van der Waals surface area contributed by atoms with Crippen LogP contribution in [0.3, 0.4) is 0 Å². The van der Waals surface area contributed by atoms with Crippen molar-refractivity contribution in [3.63, 3.8) is 0 Å².